The molecule has 44 heavy (non-hydrogen) atoms. The Hall–Kier alpha value is -3.18. The number of benzene rings is 2. The molecule has 0 spiro atoms. The number of aromatic hydroxyl groups is 1. The van der Waals surface area contributed by atoms with E-state index in [4.69, 9.17) is 4.74 Å². The number of ether oxygens (including phenoxy) is 1. The number of Topliss-reactive ketones (excluding diaryl/α,β-unsaturated/α-hetero) is 2. The van der Waals surface area contributed by atoms with E-state index in [9.17, 15) is 24.9 Å². The van der Waals surface area contributed by atoms with Crippen molar-refractivity contribution in [3.8, 4) is 23.3 Å². The largest absolute Gasteiger partial charge is 0.504 e. The fourth-order valence-electron chi connectivity index (χ4n) is 7.52. The number of unbranched alkanes of at least 4 members (excludes halogenated alkanes) is 1. The first-order chi connectivity index (χ1) is 21.4. The van der Waals surface area contributed by atoms with Gasteiger partial charge in [-0.3, -0.25) is 9.59 Å². The van der Waals surface area contributed by atoms with E-state index >= 15 is 0 Å². The smallest absolute Gasteiger partial charge is 0.160 e. The van der Waals surface area contributed by atoms with Crippen LogP contribution in [0.5, 0.6) is 11.5 Å². The lowest BCUT2D eigenvalue weighted by atomic mass is 9.74. The van der Waals surface area contributed by atoms with Crippen LogP contribution in [-0.4, -0.2) is 59.3 Å². The molecule has 7 nitrogen and oxygen atoms in total. The maximum Gasteiger partial charge on any atom is 0.160 e. The zero-order chi connectivity index (χ0) is 31.1. The zero-order valence-corrected chi connectivity index (χ0v) is 25.8. The van der Waals surface area contributed by atoms with Crippen LogP contribution in [0.25, 0.3) is 0 Å². The van der Waals surface area contributed by atoms with Gasteiger partial charge in [0.25, 0.3) is 0 Å². The van der Waals surface area contributed by atoms with E-state index < -0.39 is 17.9 Å². The van der Waals surface area contributed by atoms with Gasteiger partial charge in [0.1, 0.15) is 11.7 Å². The van der Waals surface area contributed by atoms with E-state index in [1.807, 2.05) is 30.3 Å². The van der Waals surface area contributed by atoms with Crippen molar-refractivity contribution in [2.24, 2.45) is 23.7 Å². The van der Waals surface area contributed by atoms with Crippen LogP contribution in [0.2, 0.25) is 0 Å². The molecule has 3 aliphatic rings. The van der Waals surface area contributed by atoms with Crippen LogP contribution in [0.3, 0.4) is 0 Å². The number of piperidine rings is 1. The highest BCUT2D eigenvalue weighted by Crippen LogP contribution is 2.38. The first-order valence-electron chi connectivity index (χ1n) is 16.4. The molecular formula is C37H47NO6. The van der Waals surface area contributed by atoms with Crippen LogP contribution in [0, 0.1) is 35.5 Å². The molecule has 7 atom stereocenters. The Kier molecular flexibility index (Phi) is 11.1. The maximum absolute atomic E-state index is 13.4. The van der Waals surface area contributed by atoms with Crippen molar-refractivity contribution in [3.63, 3.8) is 0 Å². The summed E-state index contributed by atoms with van der Waals surface area (Å²) in [6.07, 6.45) is 7.29. The number of methoxy groups -OCH3 is 1. The van der Waals surface area contributed by atoms with Gasteiger partial charge in [-0.05, 0) is 85.7 Å². The summed E-state index contributed by atoms with van der Waals surface area (Å²) in [7, 11) is 1.50. The summed E-state index contributed by atoms with van der Waals surface area (Å²) in [6, 6.07) is 13.7. The SMILES string of the molecule is COc1cc2c(cc1O)[C@H]([C@H](CO)Cc1ccccc1)C#C[C@H]([C@H](O)CCCC[C@@H]1CN[C@@H]3CC(=O)CC[C@@H]3C1)C(=O)CC2. The fraction of sp³-hybridized carbons (Fsp3) is 0.568. The van der Waals surface area contributed by atoms with E-state index in [2.05, 4.69) is 17.2 Å². The van der Waals surface area contributed by atoms with Crippen molar-refractivity contribution in [2.45, 2.75) is 88.7 Å². The van der Waals surface area contributed by atoms with Crippen LogP contribution >= 0.6 is 0 Å². The van der Waals surface area contributed by atoms with Crippen molar-refractivity contribution >= 4 is 11.6 Å². The summed E-state index contributed by atoms with van der Waals surface area (Å²) in [4.78, 5) is 25.2. The van der Waals surface area contributed by atoms with Gasteiger partial charge in [0.2, 0.25) is 0 Å². The Morgan fingerprint density at radius 1 is 1.05 bits per heavy atom. The van der Waals surface area contributed by atoms with Crippen molar-refractivity contribution in [2.75, 3.05) is 20.3 Å². The summed E-state index contributed by atoms with van der Waals surface area (Å²) in [5.74, 6) is 6.78. The Bertz CT molecular complexity index is 1350. The van der Waals surface area contributed by atoms with Gasteiger partial charge in [0.05, 0.1) is 19.1 Å². The van der Waals surface area contributed by atoms with E-state index in [1.54, 1.807) is 12.1 Å². The molecule has 1 saturated heterocycles. The Morgan fingerprint density at radius 3 is 2.61 bits per heavy atom. The fourth-order valence-corrected chi connectivity index (χ4v) is 7.52. The number of phenolic OH excluding ortho intramolecular Hbond substituents is 1. The normalized spacial score (nSPS) is 26.6. The molecule has 2 aromatic carbocycles. The number of phenols is 1. The molecule has 2 aliphatic carbocycles. The molecule has 0 bridgehead atoms. The molecule has 0 amide bonds. The molecule has 0 aromatic heterocycles. The van der Waals surface area contributed by atoms with Crippen molar-refractivity contribution in [1.29, 1.82) is 0 Å². The van der Waals surface area contributed by atoms with Gasteiger partial charge in [0.15, 0.2) is 17.3 Å². The van der Waals surface area contributed by atoms with E-state index in [0.717, 1.165) is 55.3 Å². The Labute approximate surface area is 261 Å². The third-order valence-corrected chi connectivity index (χ3v) is 10.1. The van der Waals surface area contributed by atoms with E-state index in [1.165, 1.54) is 7.11 Å². The van der Waals surface area contributed by atoms with Crippen LogP contribution in [-0.2, 0) is 22.4 Å². The number of nitrogens with one attached hydrogen (secondary N) is 1. The minimum Gasteiger partial charge on any atom is -0.504 e. The zero-order valence-electron chi connectivity index (χ0n) is 25.8. The van der Waals surface area contributed by atoms with Crippen molar-refractivity contribution in [1.82, 2.24) is 5.32 Å². The second kappa shape index (κ2) is 15.2. The summed E-state index contributed by atoms with van der Waals surface area (Å²) in [5.41, 5.74) is 2.72. The predicted octanol–water partition coefficient (Wildman–Crippen LogP) is 4.74. The first-order valence-corrected chi connectivity index (χ1v) is 16.4. The van der Waals surface area contributed by atoms with E-state index in [0.29, 0.717) is 61.5 Å². The number of carbonyl (C=O) groups excluding carboxylic acids is 2. The monoisotopic (exact) mass is 601 g/mol. The number of hydrogen-bond donors (Lipinski definition) is 4. The highest BCUT2D eigenvalue weighted by Gasteiger charge is 2.35. The molecule has 0 radical (unpaired) electrons. The minimum absolute atomic E-state index is 0.00253. The highest BCUT2D eigenvalue weighted by atomic mass is 16.5. The molecule has 7 heteroatoms. The third kappa shape index (κ3) is 7.90. The number of aliphatic hydroxyl groups is 2. The van der Waals surface area contributed by atoms with Crippen molar-refractivity contribution < 1.29 is 29.6 Å². The van der Waals surface area contributed by atoms with Gasteiger partial charge < -0.3 is 25.4 Å². The molecule has 1 heterocycles. The maximum atomic E-state index is 13.4. The second-order valence-corrected chi connectivity index (χ2v) is 13.1. The molecular weight excluding hydrogens is 554 g/mol. The molecule has 1 aliphatic heterocycles. The molecule has 1 saturated carbocycles. The van der Waals surface area contributed by atoms with Gasteiger partial charge in [-0.1, -0.05) is 55.0 Å². The predicted molar refractivity (Wildman–Crippen MR) is 169 cm³/mol. The van der Waals surface area contributed by atoms with Crippen LogP contribution in [0.4, 0.5) is 0 Å². The van der Waals surface area contributed by atoms with Crippen LogP contribution < -0.4 is 10.1 Å². The van der Waals surface area contributed by atoms with Crippen molar-refractivity contribution in [3.05, 3.63) is 59.2 Å². The summed E-state index contributed by atoms with van der Waals surface area (Å²) in [5, 5.41) is 36.1. The number of carbonyl (C=O) groups is 2. The topological polar surface area (TPSA) is 116 Å². The standard InChI is InChI=1S/C37H47NO6/c1-44-37-19-26-12-16-35(42)31(34(41)10-6-5-9-25-18-27-11-13-29(40)20-33(27)38-22-25)15-14-30(32(26)21-36(37)43)28(23-39)17-24-7-3-2-4-8-24/h2-4,7-8,19,21,25,27-28,30-31,33-34,38-39,41,43H,5-6,9-13,16-18,20,22-23H2,1H3/t25-,27+,28-,30-,31+,33+,34+/m0/s1. The number of fused-ring (bicyclic) bond motifs is 2. The number of ketones is 2. The lowest BCUT2D eigenvalue weighted by molar-refractivity contribution is -0.124. The van der Waals surface area contributed by atoms with E-state index in [-0.39, 0.29) is 30.5 Å². The second-order valence-electron chi connectivity index (χ2n) is 13.1. The Balaban J connectivity index is 1.27. The number of aliphatic hydroxyl groups excluding tert-OH is 2. The van der Waals surface area contributed by atoms with Gasteiger partial charge >= 0.3 is 0 Å². The number of aryl methyl sites for hydroxylation is 1. The summed E-state index contributed by atoms with van der Waals surface area (Å²) in [6.45, 7) is 0.830. The average molecular weight is 602 g/mol. The molecule has 2 aromatic rings. The molecule has 5 rings (SSSR count). The highest BCUT2D eigenvalue weighted by molar-refractivity contribution is 5.85. The third-order valence-electron chi connectivity index (χ3n) is 10.1. The molecule has 4 N–H and O–H groups in total. The van der Waals surface area contributed by atoms with Gasteiger partial charge in [0, 0.05) is 37.8 Å². The van der Waals surface area contributed by atoms with Gasteiger partial charge in [-0.15, -0.1) is 0 Å². The van der Waals surface area contributed by atoms with Gasteiger partial charge in [-0.2, -0.15) is 0 Å². The first kappa shape index (κ1) is 32.2. The molecule has 0 unspecified atom stereocenters. The van der Waals surface area contributed by atoms with Crippen LogP contribution in [0.15, 0.2) is 42.5 Å². The molecule has 236 valence electrons. The summed E-state index contributed by atoms with van der Waals surface area (Å²) >= 11 is 0. The lowest BCUT2D eigenvalue weighted by Crippen LogP contribution is -2.48. The quantitative estimate of drug-likeness (QED) is 0.217. The van der Waals surface area contributed by atoms with Gasteiger partial charge in [-0.25, -0.2) is 0 Å². The minimum atomic E-state index is -0.861. The lowest BCUT2D eigenvalue weighted by Gasteiger charge is -2.39. The number of rotatable bonds is 11. The van der Waals surface area contributed by atoms with Crippen LogP contribution in [0.1, 0.15) is 80.4 Å². The average Bonchev–Trinajstić information content (AvgIpc) is 3.10. The Morgan fingerprint density at radius 2 is 1.84 bits per heavy atom. The molecule has 2 fully saturated rings. The summed E-state index contributed by atoms with van der Waals surface area (Å²) < 4.78 is 5.37. The number of hydrogen-bond acceptors (Lipinski definition) is 7.